The number of likely N-dealkylation sites (tertiary alicyclic amines) is 1. The van der Waals surface area contributed by atoms with E-state index in [4.69, 9.17) is 5.73 Å². The van der Waals surface area contributed by atoms with Gasteiger partial charge in [-0.15, -0.1) is 0 Å². The molecule has 1 heterocycles. The molecular formula is C12H16F2N2. The summed E-state index contributed by atoms with van der Waals surface area (Å²) in [4.78, 5) is 2.02. The predicted molar refractivity (Wildman–Crippen MR) is 58.8 cm³/mol. The Labute approximate surface area is 94.0 Å². The topological polar surface area (TPSA) is 29.3 Å². The summed E-state index contributed by atoms with van der Waals surface area (Å²) in [5.74, 6) is -0.958. The fraction of sp³-hybridized carbons (Fsp3) is 0.500. The zero-order chi connectivity index (χ0) is 11.7. The van der Waals surface area contributed by atoms with E-state index in [1.54, 1.807) is 0 Å². The van der Waals surface area contributed by atoms with Crippen molar-refractivity contribution in [2.75, 3.05) is 6.54 Å². The van der Waals surface area contributed by atoms with Crippen LogP contribution in [0.15, 0.2) is 18.2 Å². The number of nitrogens with two attached hydrogens (primary N) is 1. The Kier molecular flexibility index (Phi) is 3.21. The Balaban J connectivity index is 2.15. The molecule has 0 amide bonds. The molecule has 0 spiro atoms. The van der Waals surface area contributed by atoms with Crippen molar-refractivity contribution in [1.29, 1.82) is 0 Å². The highest BCUT2D eigenvalue weighted by Gasteiger charge is 2.28. The summed E-state index contributed by atoms with van der Waals surface area (Å²) in [5, 5.41) is 0. The minimum absolute atomic E-state index is 0.106. The van der Waals surface area contributed by atoms with Gasteiger partial charge in [0.05, 0.1) is 0 Å². The van der Waals surface area contributed by atoms with E-state index in [1.165, 1.54) is 18.2 Å². The van der Waals surface area contributed by atoms with Crippen molar-refractivity contribution < 1.29 is 8.78 Å². The minimum atomic E-state index is -0.479. The summed E-state index contributed by atoms with van der Waals surface area (Å²) >= 11 is 0. The molecule has 1 aliphatic heterocycles. The van der Waals surface area contributed by atoms with Crippen LogP contribution in [-0.2, 0) is 6.54 Å². The summed E-state index contributed by atoms with van der Waals surface area (Å²) in [5.41, 5.74) is 6.01. The van der Waals surface area contributed by atoms with Gasteiger partial charge in [0, 0.05) is 30.7 Å². The van der Waals surface area contributed by atoms with Crippen molar-refractivity contribution in [1.82, 2.24) is 4.90 Å². The van der Waals surface area contributed by atoms with Crippen LogP contribution in [0.25, 0.3) is 0 Å². The quantitative estimate of drug-likeness (QED) is 0.834. The molecule has 16 heavy (non-hydrogen) atoms. The highest BCUT2D eigenvalue weighted by Crippen LogP contribution is 2.21. The zero-order valence-corrected chi connectivity index (χ0v) is 9.29. The third-order valence-corrected chi connectivity index (χ3v) is 3.37. The van der Waals surface area contributed by atoms with Crippen LogP contribution in [-0.4, -0.2) is 23.5 Å². The number of benzene rings is 1. The highest BCUT2D eigenvalue weighted by molar-refractivity contribution is 5.20. The van der Waals surface area contributed by atoms with Crippen molar-refractivity contribution in [3.8, 4) is 0 Å². The number of rotatable bonds is 2. The number of nitrogens with zero attached hydrogens (tertiary/aromatic N) is 1. The molecule has 88 valence electrons. The van der Waals surface area contributed by atoms with E-state index in [0.717, 1.165) is 13.0 Å². The maximum absolute atomic E-state index is 13.4. The third kappa shape index (κ3) is 2.08. The second kappa shape index (κ2) is 4.47. The van der Waals surface area contributed by atoms with Gasteiger partial charge in [0.25, 0.3) is 0 Å². The molecule has 1 saturated heterocycles. The molecule has 1 aromatic carbocycles. The van der Waals surface area contributed by atoms with Crippen LogP contribution in [0.2, 0.25) is 0 Å². The molecule has 0 bridgehead atoms. The first-order valence-electron chi connectivity index (χ1n) is 5.52. The summed E-state index contributed by atoms with van der Waals surface area (Å²) in [7, 11) is 0. The van der Waals surface area contributed by atoms with Crippen molar-refractivity contribution in [3.05, 3.63) is 35.4 Å². The summed E-state index contributed by atoms with van der Waals surface area (Å²) in [6.45, 7) is 3.10. The van der Waals surface area contributed by atoms with Crippen LogP contribution in [0.5, 0.6) is 0 Å². The molecule has 4 heteroatoms. The summed E-state index contributed by atoms with van der Waals surface area (Å²) in [6, 6.07) is 4.25. The number of halogens is 2. The first kappa shape index (κ1) is 11.5. The van der Waals surface area contributed by atoms with Crippen molar-refractivity contribution in [3.63, 3.8) is 0 Å². The van der Waals surface area contributed by atoms with Gasteiger partial charge in [0.15, 0.2) is 0 Å². The van der Waals surface area contributed by atoms with E-state index in [0.29, 0.717) is 6.54 Å². The molecule has 2 rings (SSSR count). The number of hydrogen-bond donors (Lipinski definition) is 1. The Morgan fingerprint density at radius 2 is 2.00 bits per heavy atom. The second-order valence-electron chi connectivity index (χ2n) is 4.36. The molecule has 0 aliphatic carbocycles. The van der Waals surface area contributed by atoms with Gasteiger partial charge in [-0.3, -0.25) is 4.90 Å². The van der Waals surface area contributed by atoms with Gasteiger partial charge in [-0.1, -0.05) is 6.07 Å². The van der Waals surface area contributed by atoms with E-state index in [9.17, 15) is 8.78 Å². The Morgan fingerprint density at radius 1 is 1.38 bits per heavy atom. The first-order valence-corrected chi connectivity index (χ1v) is 5.52. The standard InChI is InChI=1S/C12H16F2N2/c1-8-12(15)5-6-16(8)7-9-10(13)3-2-4-11(9)14/h2-4,8,12H,5-7,15H2,1H3. The molecule has 2 N–H and O–H groups in total. The van der Waals surface area contributed by atoms with Crippen LogP contribution in [0.1, 0.15) is 18.9 Å². The van der Waals surface area contributed by atoms with Gasteiger partial charge in [0.1, 0.15) is 11.6 Å². The maximum Gasteiger partial charge on any atom is 0.130 e. The van der Waals surface area contributed by atoms with Gasteiger partial charge < -0.3 is 5.73 Å². The molecule has 0 saturated carbocycles. The predicted octanol–water partition coefficient (Wildman–Crippen LogP) is 1.89. The monoisotopic (exact) mass is 226 g/mol. The van der Waals surface area contributed by atoms with Gasteiger partial charge in [-0.25, -0.2) is 8.78 Å². The molecule has 2 nitrogen and oxygen atoms in total. The SMILES string of the molecule is CC1C(N)CCN1Cc1c(F)cccc1F. The Bertz CT molecular complexity index is 361. The van der Waals surface area contributed by atoms with E-state index in [2.05, 4.69) is 0 Å². The average molecular weight is 226 g/mol. The molecule has 2 atom stereocenters. The van der Waals surface area contributed by atoms with Crippen molar-refractivity contribution in [2.24, 2.45) is 5.73 Å². The van der Waals surface area contributed by atoms with E-state index in [-0.39, 0.29) is 17.6 Å². The van der Waals surface area contributed by atoms with Gasteiger partial charge in [-0.2, -0.15) is 0 Å². The maximum atomic E-state index is 13.4. The van der Waals surface area contributed by atoms with Gasteiger partial charge >= 0.3 is 0 Å². The van der Waals surface area contributed by atoms with Crippen LogP contribution in [0.4, 0.5) is 8.78 Å². The molecule has 0 radical (unpaired) electrons. The molecule has 1 aromatic rings. The van der Waals surface area contributed by atoms with Crippen LogP contribution < -0.4 is 5.73 Å². The largest absolute Gasteiger partial charge is 0.326 e. The van der Waals surface area contributed by atoms with Crippen molar-refractivity contribution >= 4 is 0 Å². The van der Waals surface area contributed by atoms with Crippen LogP contribution in [0.3, 0.4) is 0 Å². The fourth-order valence-corrected chi connectivity index (χ4v) is 2.14. The Hall–Kier alpha value is -1.00. The lowest BCUT2D eigenvalue weighted by molar-refractivity contribution is 0.244. The molecule has 1 fully saturated rings. The lowest BCUT2D eigenvalue weighted by Crippen LogP contribution is -2.36. The second-order valence-corrected chi connectivity index (χ2v) is 4.36. The van der Waals surface area contributed by atoms with E-state index >= 15 is 0 Å². The fourth-order valence-electron chi connectivity index (χ4n) is 2.14. The van der Waals surface area contributed by atoms with Gasteiger partial charge in [-0.05, 0) is 25.5 Å². The van der Waals surface area contributed by atoms with Crippen LogP contribution >= 0.6 is 0 Å². The molecule has 1 aliphatic rings. The van der Waals surface area contributed by atoms with Crippen LogP contribution in [0, 0.1) is 11.6 Å². The van der Waals surface area contributed by atoms with Crippen molar-refractivity contribution in [2.45, 2.75) is 32.0 Å². The molecule has 0 aromatic heterocycles. The van der Waals surface area contributed by atoms with E-state index in [1.807, 2.05) is 11.8 Å². The normalized spacial score (nSPS) is 26.2. The lowest BCUT2D eigenvalue weighted by Gasteiger charge is -2.23. The zero-order valence-electron chi connectivity index (χ0n) is 9.29. The molecule has 2 unspecified atom stereocenters. The smallest absolute Gasteiger partial charge is 0.130 e. The summed E-state index contributed by atoms with van der Waals surface area (Å²) < 4.78 is 26.9. The summed E-state index contributed by atoms with van der Waals surface area (Å²) in [6.07, 6.45) is 0.886. The number of hydrogen-bond acceptors (Lipinski definition) is 2. The minimum Gasteiger partial charge on any atom is -0.326 e. The highest BCUT2D eigenvalue weighted by atomic mass is 19.1. The molecular weight excluding hydrogens is 210 g/mol. The van der Waals surface area contributed by atoms with Gasteiger partial charge in [0.2, 0.25) is 0 Å². The first-order chi connectivity index (χ1) is 7.59. The average Bonchev–Trinajstić information content (AvgIpc) is 2.55. The lowest BCUT2D eigenvalue weighted by atomic mass is 10.1. The Morgan fingerprint density at radius 3 is 2.50 bits per heavy atom. The third-order valence-electron chi connectivity index (χ3n) is 3.37. The van der Waals surface area contributed by atoms with E-state index < -0.39 is 11.6 Å².